The van der Waals surface area contributed by atoms with E-state index in [4.69, 9.17) is 0 Å². The summed E-state index contributed by atoms with van der Waals surface area (Å²) in [7, 11) is -3.53. The molecule has 0 bridgehead atoms. The van der Waals surface area contributed by atoms with Crippen molar-refractivity contribution in [1.82, 2.24) is 10.0 Å². The van der Waals surface area contributed by atoms with Gasteiger partial charge in [-0.1, -0.05) is 26.0 Å². The fraction of sp³-hybridized carbons (Fsp3) is 0.333. The van der Waals surface area contributed by atoms with Crippen LogP contribution in [0.1, 0.15) is 42.6 Å². The maximum Gasteiger partial charge on any atom is 0.251 e. The number of carbonyl (C=O) groups excluding carboxylic acids is 2. The third kappa shape index (κ3) is 5.88. The van der Waals surface area contributed by atoms with Crippen LogP contribution >= 0.6 is 0 Å². The average Bonchev–Trinajstić information content (AvgIpc) is 3.49. The SMILES string of the molecule is CC(C)C(=O)Nc1cccc(CNC(=O)c2ccc(S(=O)(=O)NC3CC3)cc2)c1. The second-order valence-electron chi connectivity index (χ2n) is 7.45. The minimum atomic E-state index is -3.53. The van der Waals surface area contributed by atoms with Gasteiger partial charge in [-0.25, -0.2) is 13.1 Å². The molecule has 1 saturated carbocycles. The molecule has 0 unspecified atom stereocenters. The molecule has 1 aliphatic carbocycles. The van der Waals surface area contributed by atoms with Crippen LogP contribution in [-0.2, 0) is 21.4 Å². The van der Waals surface area contributed by atoms with Gasteiger partial charge in [0.2, 0.25) is 15.9 Å². The molecule has 0 aromatic heterocycles. The molecular weight excluding hydrogens is 390 g/mol. The highest BCUT2D eigenvalue weighted by molar-refractivity contribution is 7.89. The molecule has 2 aromatic carbocycles. The van der Waals surface area contributed by atoms with Gasteiger partial charge in [0, 0.05) is 29.8 Å². The van der Waals surface area contributed by atoms with E-state index in [0.717, 1.165) is 18.4 Å². The van der Waals surface area contributed by atoms with Gasteiger partial charge in [0.1, 0.15) is 0 Å². The summed E-state index contributed by atoms with van der Waals surface area (Å²) in [5.41, 5.74) is 1.89. The van der Waals surface area contributed by atoms with E-state index in [9.17, 15) is 18.0 Å². The Hall–Kier alpha value is -2.71. The third-order valence-electron chi connectivity index (χ3n) is 4.50. The molecule has 7 nitrogen and oxygen atoms in total. The van der Waals surface area contributed by atoms with Crippen LogP contribution < -0.4 is 15.4 Å². The quantitative estimate of drug-likeness (QED) is 0.616. The van der Waals surface area contributed by atoms with Gasteiger partial charge in [0.25, 0.3) is 5.91 Å². The number of amides is 2. The molecule has 3 N–H and O–H groups in total. The van der Waals surface area contributed by atoms with Crippen LogP contribution in [0.2, 0.25) is 0 Å². The lowest BCUT2D eigenvalue weighted by Crippen LogP contribution is -2.26. The van der Waals surface area contributed by atoms with Crippen molar-refractivity contribution < 1.29 is 18.0 Å². The Morgan fingerprint density at radius 3 is 2.38 bits per heavy atom. The van der Waals surface area contributed by atoms with E-state index in [-0.39, 0.29) is 35.2 Å². The van der Waals surface area contributed by atoms with E-state index in [1.807, 2.05) is 26.0 Å². The van der Waals surface area contributed by atoms with Crippen LogP contribution in [0.3, 0.4) is 0 Å². The summed E-state index contributed by atoms with van der Waals surface area (Å²) in [6, 6.07) is 13.1. The van der Waals surface area contributed by atoms with Crippen LogP contribution in [0.15, 0.2) is 53.4 Å². The van der Waals surface area contributed by atoms with Crippen molar-refractivity contribution in [3.63, 3.8) is 0 Å². The third-order valence-corrected chi connectivity index (χ3v) is 6.03. The molecular formula is C21H25N3O4S. The summed E-state index contributed by atoms with van der Waals surface area (Å²) in [4.78, 5) is 24.3. The minimum absolute atomic E-state index is 0.0315. The summed E-state index contributed by atoms with van der Waals surface area (Å²) >= 11 is 0. The first kappa shape index (κ1) is 21.0. The lowest BCUT2D eigenvalue weighted by atomic mass is 10.1. The van der Waals surface area contributed by atoms with Gasteiger partial charge in [0.05, 0.1) is 4.90 Å². The Labute approximate surface area is 171 Å². The van der Waals surface area contributed by atoms with Crippen molar-refractivity contribution >= 4 is 27.5 Å². The number of hydrogen-bond donors (Lipinski definition) is 3. The van der Waals surface area contributed by atoms with Gasteiger partial charge >= 0.3 is 0 Å². The average molecular weight is 416 g/mol. The lowest BCUT2D eigenvalue weighted by Gasteiger charge is -2.10. The number of hydrogen-bond acceptors (Lipinski definition) is 4. The summed E-state index contributed by atoms with van der Waals surface area (Å²) in [6.07, 6.45) is 1.73. The molecule has 0 heterocycles. The first-order chi connectivity index (χ1) is 13.7. The number of nitrogens with one attached hydrogen (secondary N) is 3. The fourth-order valence-corrected chi connectivity index (χ4v) is 3.91. The monoisotopic (exact) mass is 415 g/mol. The van der Waals surface area contributed by atoms with E-state index < -0.39 is 10.0 Å². The number of rotatable bonds is 8. The van der Waals surface area contributed by atoms with Crippen molar-refractivity contribution in [1.29, 1.82) is 0 Å². The van der Waals surface area contributed by atoms with Crippen LogP contribution in [-0.4, -0.2) is 26.3 Å². The van der Waals surface area contributed by atoms with Crippen LogP contribution in [0, 0.1) is 5.92 Å². The highest BCUT2D eigenvalue weighted by Gasteiger charge is 2.27. The number of carbonyl (C=O) groups is 2. The molecule has 1 fully saturated rings. The Bertz CT molecular complexity index is 997. The van der Waals surface area contributed by atoms with E-state index in [1.165, 1.54) is 24.3 Å². The molecule has 0 aliphatic heterocycles. The molecule has 2 amide bonds. The summed E-state index contributed by atoms with van der Waals surface area (Å²) in [5.74, 6) is -0.497. The smallest absolute Gasteiger partial charge is 0.251 e. The topological polar surface area (TPSA) is 104 Å². The van der Waals surface area contributed by atoms with E-state index in [1.54, 1.807) is 12.1 Å². The molecule has 0 atom stereocenters. The predicted molar refractivity (Wildman–Crippen MR) is 111 cm³/mol. The molecule has 1 aliphatic rings. The maximum absolute atomic E-state index is 12.4. The van der Waals surface area contributed by atoms with E-state index in [2.05, 4.69) is 15.4 Å². The molecule has 2 aromatic rings. The number of anilines is 1. The van der Waals surface area contributed by atoms with Gasteiger partial charge < -0.3 is 10.6 Å². The van der Waals surface area contributed by atoms with Crippen molar-refractivity contribution in [2.45, 2.75) is 44.2 Å². The van der Waals surface area contributed by atoms with Crippen molar-refractivity contribution in [3.05, 3.63) is 59.7 Å². The number of sulfonamides is 1. The van der Waals surface area contributed by atoms with Gasteiger partial charge in [-0.05, 0) is 54.8 Å². The van der Waals surface area contributed by atoms with E-state index in [0.29, 0.717) is 11.3 Å². The Kier molecular flexibility index (Phi) is 6.34. The van der Waals surface area contributed by atoms with Crippen LogP contribution in [0.25, 0.3) is 0 Å². The molecule has 0 saturated heterocycles. The molecule has 3 rings (SSSR count). The van der Waals surface area contributed by atoms with Gasteiger partial charge in [-0.3, -0.25) is 9.59 Å². The summed E-state index contributed by atoms with van der Waals surface area (Å²) in [5, 5.41) is 5.63. The second-order valence-corrected chi connectivity index (χ2v) is 9.16. The normalized spacial score (nSPS) is 13.9. The summed E-state index contributed by atoms with van der Waals surface area (Å²) < 4.78 is 27.0. The molecule has 8 heteroatoms. The first-order valence-electron chi connectivity index (χ1n) is 9.55. The van der Waals surface area contributed by atoms with Crippen molar-refractivity contribution in [2.75, 3.05) is 5.32 Å². The zero-order chi connectivity index (χ0) is 21.0. The standard InChI is InChI=1S/C21H25N3O4S/c1-14(2)20(25)23-18-5-3-4-15(12-18)13-22-21(26)16-6-10-19(11-7-16)29(27,28)24-17-8-9-17/h3-7,10-12,14,17,24H,8-9,13H2,1-2H3,(H,22,26)(H,23,25). The second kappa shape index (κ2) is 8.75. The molecule has 29 heavy (non-hydrogen) atoms. The minimum Gasteiger partial charge on any atom is -0.348 e. The lowest BCUT2D eigenvalue weighted by molar-refractivity contribution is -0.118. The highest BCUT2D eigenvalue weighted by Crippen LogP contribution is 2.22. The highest BCUT2D eigenvalue weighted by atomic mass is 32.2. The zero-order valence-electron chi connectivity index (χ0n) is 16.4. The first-order valence-corrected chi connectivity index (χ1v) is 11.0. The maximum atomic E-state index is 12.4. The molecule has 154 valence electrons. The van der Waals surface area contributed by atoms with Gasteiger partial charge in [-0.15, -0.1) is 0 Å². The zero-order valence-corrected chi connectivity index (χ0v) is 17.3. The Morgan fingerprint density at radius 2 is 1.76 bits per heavy atom. The molecule has 0 radical (unpaired) electrons. The van der Waals surface area contributed by atoms with Crippen LogP contribution in [0.4, 0.5) is 5.69 Å². The fourth-order valence-electron chi connectivity index (χ4n) is 2.60. The predicted octanol–water partition coefficient (Wildman–Crippen LogP) is 2.65. The van der Waals surface area contributed by atoms with Crippen LogP contribution in [0.5, 0.6) is 0 Å². The Morgan fingerprint density at radius 1 is 1.07 bits per heavy atom. The van der Waals surface area contributed by atoms with E-state index >= 15 is 0 Å². The number of benzene rings is 2. The van der Waals surface area contributed by atoms with Gasteiger partial charge in [0.15, 0.2) is 0 Å². The molecule has 0 spiro atoms. The van der Waals surface area contributed by atoms with Gasteiger partial charge in [-0.2, -0.15) is 0 Å². The van der Waals surface area contributed by atoms with Crippen molar-refractivity contribution in [3.8, 4) is 0 Å². The summed E-state index contributed by atoms with van der Waals surface area (Å²) in [6.45, 7) is 3.92. The largest absolute Gasteiger partial charge is 0.348 e. The van der Waals surface area contributed by atoms with Crippen molar-refractivity contribution in [2.24, 2.45) is 5.92 Å². The Balaban J connectivity index is 1.58.